The van der Waals surface area contributed by atoms with E-state index < -0.39 is 14.6 Å². The third-order valence-corrected chi connectivity index (χ3v) is 5.70. The molecule has 20 heavy (non-hydrogen) atoms. The van der Waals surface area contributed by atoms with Crippen LogP contribution in [0, 0.1) is 0 Å². The van der Waals surface area contributed by atoms with Crippen LogP contribution in [0.5, 0.6) is 0 Å². The van der Waals surface area contributed by atoms with Crippen LogP contribution in [-0.4, -0.2) is 34.2 Å². The Morgan fingerprint density at radius 2 is 1.80 bits per heavy atom. The van der Waals surface area contributed by atoms with E-state index in [2.05, 4.69) is 31.2 Å². The third kappa shape index (κ3) is 4.90. The number of sulfone groups is 1. The minimum atomic E-state index is -3.12. The second kappa shape index (κ2) is 5.85. The molecule has 5 nitrogen and oxygen atoms in total. The summed E-state index contributed by atoms with van der Waals surface area (Å²) in [6.45, 7) is 12.6. The first-order valence-electron chi connectivity index (χ1n) is 6.90. The van der Waals surface area contributed by atoms with Gasteiger partial charge in [-0.15, -0.1) is 0 Å². The summed E-state index contributed by atoms with van der Waals surface area (Å²) >= 11 is 0. The topological polar surface area (TPSA) is 64.0 Å². The molecule has 6 heteroatoms. The van der Waals surface area contributed by atoms with Gasteiger partial charge in [0.15, 0.2) is 9.84 Å². The zero-order chi connectivity index (χ0) is 15.6. The van der Waals surface area contributed by atoms with Crippen LogP contribution < -0.4 is 5.32 Å². The molecule has 0 bridgehead atoms. The van der Waals surface area contributed by atoms with Gasteiger partial charge in [-0.25, -0.2) is 8.42 Å². The molecule has 0 aliphatic heterocycles. The highest BCUT2D eigenvalue weighted by molar-refractivity contribution is 7.92. The minimum absolute atomic E-state index is 0.0204. The van der Waals surface area contributed by atoms with Crippen molar-refractivity contribution in [1.29, 1.82) is 0 Å². The van der Waals surface area contributed by atoms with Crippen molar-refractivity contribution >= 4 is 9.84 Å². The molecule has 0 saturated carbocycles. The van der Waals surface area contributed by atoms with E-state index in [0.717, 1.165) is 5.69 Å². The van der Waals surface area contributed by atoms with Gasteiger partial charge in [-0.05, 0) is 47.6 Å². The molecule has 0 aromatic carbocycles. The van der Waals surface area contributed by atoms with Crippen molar-refractivity contribution < 1.29 is 8.42 Å². The van der Waals surface area contributed by atoms with Crippen molar-refractivity contribution in [3.05, 3.63) is 18.0 Å². The van der Waals surface area contributed by atoms with E-state index in [1.165, 1.54) is 0 Å². The second-order valence-electron chi connectivity index (χ2n) is 7.08. The molecule has 1 rings (SSSR count). The highest BCUT2D eigenvalue weighted by atomic mass is 32.2. The quantitative estimate of drug-likeness (QED) is 0.903. The van der Waals surface area contributed by atoms with Gasteiger partial charge in [0, 0.05) is 18.3 Å². The molecule has 1 aromatic rings. The molecule has 1 heterocycles. The van der Waals surface area contributed by atoms with Crippen LogP contribution in [0.25, 0.3) is 0 Å². The molecule has 0 aliphatic carbocycles. The summed E-state index contributed by atoms with van der Waals surface area (Å²) in [6, 6.07) is 1.92. The Morgan fingerprint density at radius 1 is 1.20 bits per heavy atom. The van der Waals surface area contributed by atoms with Crippen LogP contribution in [-0.2, 0) is 22.9 Å². The number of rotatable bonds is 5. The van der Waals surface area contributed by atoms with E-state index in [4.69, 9.17) is 0 Å². The largest absolute Gasteiger partial charge is 0.306 e. The highest BCUT2D eigenvalue weighted by Gasteiger charge is 2.28. The summed E-state index contributed by atoms with van der Waals surface area (Å²) < 4.78 is 25.3. The summed E-state index contributed by atoms with van der Waals surface area (Å²) in [4.78, 5) is 0. The molecule has 0 unspecified atom stereocenters. The van der Waals surface area contributed by atoms with Crippen LogP contribution in [0.2, 0.25) is 0 Å². The van der Waals surface area contributed by atoms with Gasteiger partial charge in [0.05, 0.1) is 22.7 Å². The fourth-order valence-corrected chi connectivity index (χ4v) is 2.61. The molecular weight excluding hydrogens is 274 g/mol. The Balaban J connectivity index is 2.69. The van der Waals surface area contributed by atoms with E-state index in [1.54, 1.807) is 31.6 Å². The maximum Gasteiger partial charge on any atom is 0.157 e. The lowest BCUT2D eigenvalue weighted by Crippen LogP contribution is -2.36. The molecule has 0 aliphatic rings. The maximum absolute atomic E-state index is 12.1. The van der Waals surface area contributed by atoms with Crippen LogP contribution in [0.15, 0.2) is 12.3 Å². The lowest BCUT2D eigenvalue weighted by molar-refractivity contribution is 0.412. The van der Waals surface area contributed by atoms with Crippen LogP contribution in [0.4, 0.5) is 0 Å². The smallest absolute Gasteiger partial charge is 0.157 e. The van der Waals surface area contributed by atoms with E-state index >= 15 is 0 Å². The summed E-state index contributed by atoms with van der Waals surface area (Å²) in [6.07, 6.45) is 1.71. The van der Waals surface area contributed by atoms with Gasteiger partial charge in [-0.2, -0.15) is 5.10 Å². The van der Waals surface area contributed by atoms with Gasteiger partial charge in [-0.1, -0.05) is 0 Å². The van der Waals surface area contributed by atoms with Crippen molar-refractivity contribution in [2.75, 3.05) is 5.75 Å². The SMILES string of the molecule is CC(C)(C)NCc1ccnn1CCS(=O)(=O)C(C)(C)C. The summed E-state index contributed by atoms with van der Waals surface area (Å²) in [5, 5.41) is 7.60. The molecule has 0 atom stereocenters. The van der Waals surface area contributed by atoms with Crippen molar-refractivity contribution in [2.45, 2.75) is 64.9 Å². The van der Waals surface area contributed by atoms with E-state index in [-0.39, 0.29) is 11.3 Å². The van der Waals surface area contributed by atoms with Gasteiger partial charge in [0.2, 0.25) is 0 Å². The molecule has 0 fully saturated rings. The fourth-order valence-electron chi connectivity index (χ4n) is 1.58. The Hall–Kier alpha value is -0.880. The molecule has 0 radical (unpaired) electrons. The normalized spacial score (nSPS) is 13.7. The van der Waals surface area contributed by atoms with Gasteiger partial charge < -0.3 is 5.32 Å². The zero-order valence-corrected chi connectivity index (χ0v) is 14.2. The number of aromatic nitrogens is 2. The fraction of sp³-hybridized carbons (Fsp3) is 0.786. The molecule has 1 aromatic heterocycles. The summed E-state index contributed by atoms with van der Waals surface area (Å²) in [7, 11) is -3.12. The molecule has 0 spiro atoms. The lowest BCUT2D eigenvalue weighted by Gasteiger charge is -2.22. The maximum atomic E-state index is 12.1. The Bertz CT molecular complexity index is 534. The zero-order valence-electron chi connectivity index (χ0n) is 13.4. The molecule has 116 valence electrons. The first kappa shape index (κ1) is 17.2. The average Bonchev–Trinajstić information content (AvgIpc) is 2.68. The predicted molar refractivity (Wildman–Crippen MR) is 82.4 cm³/mol. The highest BCUT2D eigenvalue weighted by Crippen LogP contribution is 2.16. The Labute approximate surface area is 122 Å². The van der Waals surface area contributed by atoms with E-state index in [9.17, 15) is 8.42 Å². The molecule has 0 saturated heterocycles. The first-order chi connectivity index (χ1) is 8.92. The van der Waals surface area contributed by atoms with Gasteiger partial charge in [-0.3, -0.25) is 4.68 Å². The molecule has 1 N–H and O–H groups in total. The first-order valence-corrected chi connectivity index (χ1v) is 8.56. The monoisotopic (exact) mass is 301 g/mol. The van der Waals surface area contributed by atoms with Crippen LogP contribution in [0.1, 0.15) is 47.2 Å². The van der Waals surface area contributed by atoms with Crippen molar-refractivity contribution in [1.82, 2.24) is 15.1 Å². The van der Waals surface area contributed by atoms with Crippen molar-refractivity contribution in [3.63, 3.8) is 0 Å². The Morgan fingerprint density at radius 3 is 2.30 bits per heavy atom. The average molecular weight is 301 g/mol. The van der Waals surface area contributed by atoms with Crippen molar-refractivity contribution in [2.24, 2.45) is 0 Å². The van der Waals surface area contributed by atoms with Crippen LogP contribution in [0.3, 0.4) is 0 Å². The Kier molecular flexibility index (Phi) is 5.03. The third-order valence-electron chi connectivity index (χ3n) is 3.11. The van der Waals surface area contributed by atoms with E-state index in [1.807, 2.05) is 6.07 Å². The second-order valence-corrected chi connectivity index (χ2v) is 9.94. The molecule has 0 amide bonds. The van der Waals surface area contributed by atoms with Gasteiger partial charge in [0.25, 0.3) is 0 Å². The number of hydrogen-bond acceptors (Lipinski definition) is 4. The van der Waals surface area contributed by atoms with Gasteiger partial charge in [0.1, 0.15) is 0 Å². The number of aryl methyl sites for hydroxylation is 1. The minimum Gasteiger partial charge on any atom is -0.306 e. The summed E-state index contributed by atoms with van der Waals surface area (Å²) in [5.41, 5.74) is 1.02. The number of nitrogens with zero attached hydrogens (tertiary/aromatic N) is 2. The van der Waals surface area contributed by atoms with Gasteiger partial charge >= 0.3 is 0 Å². The van der Waals surface area contributed by atoms with Crippen LogP contribution >= 0.6 is 0 Å². The number of nitrogens with one attached hydrogen (secondary N) is 1. The predicted octanol–water partition coefficient (Wildman–Crippen LogP) is 1.98. The molecular formula is C14H27N3O2S. The lowest BCUT2D eigenvalue weighted by atomic mass is 10.1. The summed E-state index contributed by atoms with van der Waals surface area (Å²) in [5.74, 6) is 0.112. The van der Waals surface area contributed by atoms with E-state index in [0.29, 0.717) is 13.1 Å². The number of hydrogen-bond donors (Lipinski definition) is 1. The standard InChI is InChI=1S/C14H27N3O2S/c1-13(2,3)15-11-12-7-8-16-17(12)9-10-20(18,19)14(4,5)6/h7-8,15H,9-11H2,1-6H3. The van der Waals surface area contributed by atoms with Crippen molar-refractivity contribution in [3.8, 4) is 0 Å².